The summed E-state index contributed by atoms with van der Waals surface area (Å²) in [7, 11) is 0. The maximum absolute atomic E-state index is 5.64. The lowest BCUT2D eigenvalue weighted by atomic mass is 10.2. The standard InChI is InChI=1S/C13H18N4O/c1-10-15-11(2)17(16-10)7-8-18-13-5-3-12(9-14)4-6-13/h3-6H,7-9,14H2,1-2H3. The molecule has 0 aliphatic carbocycles. The van der Waals surface area contributed by atoms with Crippen molar-refractivity contribution in [1.29, 1.82) is 0 Å². The lowest BCUT2D eigenvalue weighted by Gasteiger charge is -2.07. The summed E-state index contributed by atoms with van der Waals surface area (Å²) in [5.41, 5.74) is 6.64. The van der Waals surface area contributed by atoms with Crippen molar-refractivity contribution in [3.63, 3.8) is 0 Å². The van der Waals surface area contributed by atoms with Crippen LogP contribution in [0.5, 0.6) is 5.75 Å². The van der Waals surface area contributed by atoms with Gasteiger partial charge in [0.25, 0.3) is 0 Å². The molecule has 1 aromatic carbocycles. The Hall–Kier alpha value is -1.88. The topological polar surface area (TPSA) is 66.0 Å². The molecule has 5 nitrogen and oxygen atoms in total. The Balaban J connectivity index is 1.86. The first-order chi connectivity index (χ1) is 8.69. The number of rotatable bonds is 5. The lowest BCUT2D eigenvalue weighted by Crippen LogP contribution is -2.11. The number of aryl methyl sites for hydroxylation is 2. The number of aromatic nitrogens is 3. The van der Waals surface area contributed by atoms with E-state index in [0.29, 0.717) is 19.7 Å². The van der Waals surface area contributed by atoms with E-state index in [-0.39, 0.29) is 0 Å². The normalized spacial score (nSPS) is 10.6. The molecule has 0 bridgehead atoms. The largest absolute Gasteiger partial charge is 0.492 e. The predicted molar refractivity (Wildman–Crippen MR) is 69.3 cm³/mol. The second kappa shape index (κ2) is 5.64. The van der Waals surface area contributed by atoms with E-state index in [1.54, 1.807) is 0 Å². The van der Waals surface area contributed by atoms with Gasteiger partial charge in [0.2, 0.25) is 0 Å². The van der Waals surface area contributed by atoms with Gasteiger partial charge in [-0.1, -0.05) is 12.1 Å². The van der Waals surface area contributed by atoms with Gasteiger partial charge in [-0.25, -0.2) is 9.67 Å². The fourth-order valence-corrected chi connectivity index (χ4v) is 1.74. The minimum atomic E-state index is 0.553. The van der Waals surface area contributed by atoms with Gasteiger partial charge < -0.3 is 10.5 Å². The number of hydrogen-bond acceptors (Lipinski definition) is 4. The molecular weight excluding hydrogens is 228 g/mol. The molecule has 0 atom stereocenters. The van der Waals surface area contributed by atoms with Crippen LogP contribution in [0.15, 0.2) is 24.3 Å². The van der Waals surface area contributed by atoms with Gasteiger partial charge in [-0.2, -0.15) is 5.10 Å². The SMILES string of the molecule is Cc1nc(C)n(CCOc2ccc(CN)cc2)n1. The van der Waals surface area contributed by atoms with Crippen LogP contribution in [0.2, 0.25) is 0 Å². The first-order valence-corrected chi connectivity index (χ1v) is 5.99. The molecule has 0 unspecified atom stereocenters. The fourth-order valence-electron chi connectivity index (χ4n) is 1.74. The van der Waals surface area contributed by atoms with Crippen molar-refractivity contribution in [2.24, 2.45) is 5.73 Å². The first kappa shape index (κ1) is 12.6. The molecule has 2 aromatic rings. The van der Waals surface area contributed by atoms with Gasteiger partial charge >= 0.3 is 0 Å². The van der Waals surface area contributed by atoms with Gasteiger partial charge in [-0.15, -0.1) is 0 Å². The number of ether oxygens (including phenoxy) is 1. The van der Waals surface area contributed by atoms with Crippen molar-refractivity contribution in [2.75, 3.05) is 6.61 Å². The first-order valence-electron chi connectivity index (χ1n) is 5.99. The van der Waals surface area contributed by atoms with E-state index in [0.717, 1.165) is 23.0 Å². The van der Waals surface area contributed by atoms with Crippen LogP contribution in [0.3, 0.4) is 0 Å². The van der Waals surface area contributed by atoms with Gasteiger partial charge in [0.1, 0.15) is 24.0 Å². The van der Waals surface area contributed by atoms with Gasteiger partial charge in [-0.05, 0) is 31.5 Å². The Morgan fingerprint density at radius 3 is 2.50 bits per heavy atom. The number of nitrogens with zero attached hydrogens (tertiary/aromatic N) is 3. The third kappa shape index (κ3) is 3.07. The van der Waals surface area contributed by atoms with Crippen molar-refractivity contribution in [1.82, 2.24) is 14.8 Å². The summed E-state index contributed by atoms with van der Waals surface area (Å²) in [6.07, 6.45) is 0. The third-order valence-electron chi connectivity index (χ3n) is 2.69. The molecule has 0 saturated carbocycles. The van der Waals surface area contributed by atoms with Crippen LogP contribution >= 0.6 is 0 Å². The molecule has 5 heteroatoms. The van der Waals surface area contributed by atoms with Crippen LogP contribution in [-0.4, -0.2) is 21.4 Å². The summed E-state index contributed by atoms with van der Waals surface area (Å²) in [6, 6.07) is 7.81. The molecule has 0 radical (unpaired) electrons. The summed E-state index contributed by atoms with van der Waals surface area (Å²) in [4.78, 5) is 4.24. The lowest BCUT2D eigenvalue weighted by molar-refractivity contribution is 0.289. The second-order valence-corrected chi connectivity index (χ2v) is 4.13. The van der Waals surface area contributed by atoms with Crippen LogP contribution in [0.1, 0.15) is 17.2 Å². The summed E-state index contributed by atoms with van der Waals surface area (Å²) < 4.78 is 7.50. The summed E-state index contributed by atoms with van der Waals surface area (Å²) in [5, 5.41) is 4.28. The molecular formula is C13H18N4O. The zero-order chi connectivity index (χ0) is 13.0. The quantitative estimate of drug-likeness (QED) is 0.866. The second-order valence-electron chi connectivity index (χ2n) is 4.13. The molecule has 0 fully saturated rings. The monoisotopic (exact) mass is 246 g/mol. The van der Waals surface area contributed by atoms with Crippen LogP contribution in [0.4, 0.5) is 0 Å². The average molecular weight is 246 g/mol. The van der Waals surface area contributed by atoms with E-state index < -0.39 is 0 Å². The highest BCUT2D eigenvalue weighted by Crippen LogP contribution is 2.11. The van der Waals surface area contributed by atoms with E-state index in [1.165, 1.54) is 0 Å². The van der Waals surface area contributed by atoms with Gasteiger partial charge in [0.15, 0.2) is 0 Å². The van der Waals surface area contributed by atoms with E-state index in [1.807, 2.05) is 42.8 Å². The van der Waals surface area contributed by atoms with Crippen molar-refractivity contribution in [3.8, 4) is 5.75 Å². The highest BCUT2D eigenvalue weighted by atomic mass is 16.5. The Kier molecular flexibility index (Phi) is 3.94. The smallest absolute Gasteiger partial charge is 0.147 e. The highest BCUT2D eigenvalue weighted by Gasteiger charge is 2.02. The summed E-state index contributed by atoms with van der Waals surface area (Å²) in [6.45, 7) is 5.65. The van der Waals surface area contributed by atoms with Crippen molar-refractivity contribution >= 4 is 0 Å². The Morgan fingerprint density at radius 1 is 1.22 bits per heavy atom. The van der Waals surface area contributed by atoms with Crippen molar-refractivity contribution < 1.29 is 4.74 Å². The van der Waals surface area contributed by atoms with Crippen molar-refractivity contribution in [3.05, 3.63) is 41.5 Å². The molecule has 1 aromatic heterocycles. The fraction of sp³-hybridized carbons (Fsp3) is 0.385. The average Bonchev–Trinajstić information content (AvgIpc) is 2.69. The highest BCUT2D eigenvalue weighted by molar-refractivity contribution is 5.26. The van der Waals surface area contributed by atoms with Crippen LogP contribution in [0, 0.1) is 13.8 Å². The third-order valence-corrected chi connectivity index (χ3v) is 2.69. The summed E-state index contributed by atoms with van der Waals surface area (Å²) in [5.74, 6) is 2.55. The molecule has 0 aliphatic heterocycles. The zero-order valence-electron chi connectivity index (χ0n) is 10.8. The predicted octanol–water partition coefficient (Wildman–Crippen LogP) is 1.43. The number of hydrogen-bond donors (Lipinski definition) is 1. The molecule has 2 N–H and O–H groups in total. The number of benzene rings is 1. The minimum absolute atomic E-state index is 0.553. The van der Waals surface area contributed by atoms with Crippen LogP contribution < -0.4 is 10.5 Å². The molecule has 96 valence electrons. The Bertz CT molecular complexity index is 504. The van der Waals surface area contributed by atoms with E-state index in [9.17, 15) is 0 Å². The molecule has 0 saturated heterocycles. The van der Waals surface area contributed by atoms with Crippen LogP contribution in [-0.2, 0) is 13.1 Å². The number of nitrogens with two attached hydrogens (primary N) is 1. The summed E-state index contributed by atoms with van der Waals surface area (Å²) >= 11 is 0. The van der Waals surface area contributed by atoms with Gasteiger partial charge in [0, 0.05) is 6.54 Å². The van der Waals surface area contributed by atoms with E-state index in [4.69, 9.17) is 10.5 Å². The molecule has 18 heavy (non-hydrogen) atoms. The maximum Gasteiger partial charge on any atom is 0.147 e. The van der Waals surface area contributed by atoms with Gasteiger partial charge in [-0.3, -0.25) is 0 Å². The maximum atomic E-state index is 5.64. The molecule has 0 aliphatic rings. The molecule has 0 amide bonds. The van der Waals surface area contributed by atoms with E-state index >= 15 is 0 Å². The van der Waals surface area contributed by atoms with Crippen LogP contribution in [0.25, 0.3) is 0 Å². The molecule has 2 rings (SSSR count). The van der Waals surface area contributed by atoms with E-state index in [2.05, 4.69) is 10.1 Å². The Labute approximate surface area is 107 Å². The zero-order valence-corrected chi connectivity index (χ0v) is 10.8. The van der Waals surface area contributed by atoms with Crippen molar-refractivity contribution in [2.45, 2.75) is 26.9 Å². The molecule has 1 heterocycles. The van der Waals surface area contributed by atoms with Gasteiger partial charge in [0.05, 0.1) is 6.54 Å². The Morgan fingerprint density at radius 2 is 1.94 bits per heavy atom. The molecule has 0 spiro atoms. The minimum Gasteiger partial charge on any atom is -0.492 e.